The normalized spacial score (nSPS) is 31.8. The monoisotopic (exact) mass is 296 g/mol. The molecule has 1 aromatic rings. The van der Waals surface area contributed by atoms with Gasteiger partial charge < -0.3 is 29.9 Å². The Labute approximate surface area is 122 Å². The molecular weight excluding hydrogens is 276 g/mol. The summed E-state index contributed by atoms with van der Waals surface area (Å²) in [6.07, 6.45) is -6.15. The molecule has 0 radical (unpaired) electrons. The highest BCUT2D eigenvalue weighted by Crippen LogP contribution is 2.26. The first kappa shape index (κ1) is 16.1. The highest BCUT2D eigenvalue weighted by atomic mass is 16.7. The molecule has 0 bridgehead atoms. The lowest BCUT2D eigenvalue weighted by Gasteiger charge is -2.28. The topological polar surface area (TPSA) is 99.4 Å². The fraction of sp³-hybridized carbons (Fsp3) is 0.467. The molecular formula is C15H20O6. The molecule has 1 fully saturated rings. The van der Waals surface area contributed by atoms with Gasteiger partial charge in [0.05, 0.1) is 6.61 Å². The molecule has 1 unspecified atom stereocenters. The number of aliphatic hydroxyl groups excluding tert-OH is 4. The minimum atomic E-state index is -1.51. The summed E-state index contributed by atoms with van der Waals surface area (Å²) in [5.41, 5.74) is 0.882. The van der Waals surface area contributed by atoms with Gasteiger partial charge in [0.2, 0.25) is 0 Å². The van der Waals surface area contributed by atoms with Gasteiger partial charge >= 0.3 is 0 Å². The van der Waals surface area contributed by atoms with E-state index in [0.29, 0.717) is 0 Å². The van der Waals surface area contributed by atoms with Gasteiger partial charge in [-0.15, -0.1) is 6.58 Å². The van der Waals surface area contributed by atoms with Crippen molar-refractivity contribution in [3.63, 3.8) is 0 Å². The predicted octanol–water partition coefficient (Wildman–Crippen LogP) is -0.442. The lowest BCUT2D eigenvalue weighted by molar-refractivity contribution is -0.171. The summed E-state index contributed by atoms with van der Waals surface area (Å²) in [6.45, 7) is 3.67. The first-order valence-electron chi connectivity index (χ1n) is 6.70. The summed E-state index contributed by atoms with van der Waals surface area (Å²) < 4.78 is 10.7. The standard InChI is InChI=1S/C15H20O6/c1-2-10(16)13(14-11(17)12(18)15(19)21-14)20-8-9-6-4-3-5-7-9/h2-7,10-19H,1,8H2/t10-,11-,12-,13-,14+,15?/m1/s1. The Morgan fingerprint density at radius 2 is 1.86 bits per heavy atom. The average Bonchev–Trinajstić information content (AvgIpc) is 2.76. The maximum atomic E-state index is 9.95. The van der Waals surface area contributed by atoms with Crippen LogP contribution < -0.4 is 0 Å². The van der Waals surface area contributed by atoms with Crippen molar-refractivity contribution in [1.29, 1.82) is 0 Å². The molecule has 2 rings (SSSR count). The maximum Gasteiger partial charge on any atom is 0.184 e. The van der Waals surface area contributed by atoms with Gasteiger partial charge in [0, 0.05) is 0 Å². The van der Waals surface area contributed by atoms with E-state index in [4.69, 9.17) is 9.47 Å². The van der Waals surface area contributed by atoms with Gasteiger partial charge in [0.25, 0.3) is 0 Å². The average molecular weight is 296 g/mol. The van der Waals surface area contributed by atoms with Crippen molar-refractivity contribution in [2.75, 3.05) is 0 Å². The summed E-state index contributed by atoms with van der Waals surface area (Å²) >= 11 is 0. The van der Waals surface area contributed by atoms with Crippen molar-refractivity contribution >= 4 is 0 Å². The number of hydrogen-bond donors (Lipinski definition) is 4. The zero-order valence-electron chi connectivity index (χ0n) is 11.4. The van der Waals surface area contributed by atoms with Gasteiger partial charge in [-0.3, -0.25) is 0 Å². The van der Waals surface area contributed by atoms with Gasteiger partial charge in [-0.25, -0.2) is 0 Å². The molecule has 6 heteroatoms. The molecule has 6 nitrogen and oxygen atoms in total. The van der Waals surface area contributed by atoms with Gasteiger partial charge in [0.1, 0.15) is 30.5 Å². The van der Waals surface area contributed by atoms with Crippen molar-refractivity contribution in [2.45, 2.75) is 43.4 Å². The van der Waals surface area contributed by atoms with Crippen molar-refractivity contribution < 1.29 is 29.9 Å². The van der Waals surface area contributed by atoms with Crippen LogP contribution in [-0.2, 0) is 16.1 Å². The molecule has 1 saturated heterocycles. The van der Waals surface area contributed by atoms with E-state index in [1.807, 2.05) is 30.3 Å². The molecule has 4 N–H and O–H groups in total. The largest absolute Gasteiger partial charge is 0.387 e. The van der Waals surface area contributed by atoms with Crippen LogP contribution in [0.3, 0.4) is 0 Å². The van der Waals surface area contributed by atoms with E-state index >= 15 is 0 Å². The van der Waals surface area contributed by atoms with E-state index < -0.39 is 36.8 Å². The molecule has 6 atom stereocenters. The second kappa shape index (κ2) is 7.13. The summed E-state index contributed by atoms with van der Waals surface area (Å²) in [7, 11) is 0. The quantitative estimate of drug-likeness (QED) is 0.531. The molecule has 1 aliphatic heterocycles. The van der Waals surface area contributed by atoms with E-state index in [1.54, 1.807) is 0 Å². The Morgan fingerprint density at radius 1 is 1.19 bits per heavy atom. The Hall–Kier alpha value is -1.28. The lowest BCUT2D eigenvalue weighted by Crippen LogP contribution is -2.45. The van der Waals surface area contributed by atoms with Gasteiger partial charge in [-0.05, 0) is 5.56 Å². The van der Waals surface area contributed by atoms with Crippen molar-refractivity contribution in [2.24, 2.45) is 0 Å². The Kier molecular flexibility index (Phi) is 5.46. The minimum Gasteiger partial charge on any atom is -0.387 e. The summed E-state index contributed by atoms with van der Waals surface area (Å²) in [5, 5.41) is 38.8. The predicted molar refractivity (Wildman–Crippen MR) is 74.1 cm³/mol. The number of hydrogen-bond acceptors (Lipinski definition) is 6. The molecule has 0 spiro atoms. The molecule has 0 amide bonds. The third-order valence-corrected chi connectivity index (χ3v) is 3.46. The van der Waals surface area contributed by atoms with E-state index in [1.165, 1.54) is 6.08 Å². The maximum absolute atomic E-state index is 9.95. The van der Waals surface area contributed by atoms with Gasteiger partial charge in [0.15, 0.2) is 6.29 Å². The molecule has 1 aromatic carbocycles. The second-order valence-corrected chi connectivity index (χ2v) is 4.96. The third-order valence-electron chi connectivity index (χ3n) is 3.46. The molecule has 116 valence electrons. The Morgan fingerprint density at radius 3 is 2.38 bits per heavy atom. The summed E-state index contributed by atoms with van der Waals surface area (Å²) in [6, 6.07) is 9.29. The SMILES string of the molecule is C=C[C@@H](O)[C@@H](OCc1ccccc1)[C@H]1OC(O)[C@H](O)[C@H]1O. The van der Waals surface area contributed by atoms with Crippen LogP contribution in [0.5, 0.6) is 0 Å². The van der Waals surface area contributed by atoms with Crippen LogP contribution in [0.1, 0.15) is 5.56 Å². The molecule has 0 aliphatic carbocycles. The van der Waals surface area contributed by atoms with Crippen molar-refractivity contribution in [3.05, 3.63) is 48.6 Å². The van der Waals surface area contributed by atoms with Crippen LogP contribution >= 0.6 is 0 Å². The molecule has 21 heavy (non-hydrogen) atoms. The fourth-order valence-electron chi connectivity index (χ4n) is 2.25. The first-order valence-corrected chi connectivity index (χ1v) is 6.70. The fourth-order valence-corrected chi connectivity index (χ4v) is 2.25. The Bertz CT molecular complexity index is 451. The van der Waals surface area contributed by atoms with Crippen LogP contribution in [0.2, 0.25) is 0 Å². The smallest absolute Gasteiger partial charge is 0.184 e. The van der Waals surface area contributed by atoms with Crippen LogP contribution in [-0.4, -0.2) is 57.2 Å². The molecule has 1 heterocycles. The third kappa shape index (κ3) is 3.68. The number of rotatable bonds is 6. The van der Waals surface area contributed by atoms with Crippen LogP contribution in [0, 0.1) is 0 Å². The Balaban J connectivity index is 2.06. The van der Waals surface area contributed by atoms with Crippen LogP contribution in [0.4, 0.5) is 0 Å². The van der Waals surface area contributed by atoms with Crippen molar-refractivity contribution in [1.82, 2.24) is 0 Å². The lowest BCUT2D eigenvalue weighted by atomic mass is 10.0. The van der Waals surface area contributed by atoms with E-state index in [0.717, 1.165) is 5.56 Å². The summed E-state index contributed by atoms with van der Waals surface area (Å²) in [4.78, 5) is 0. The number of aliphatic hydroxyl groups is 4. The zero-order chi connectivity index (χ0) is 15.4. The van der Waals surface area contributed by atoms with E-state index in [2.05, 4.69) is 6.58 Å². The van der Waals surface area contributed by atoms with E-state index in [-0.39, 0.29) is 6.61 Å². The van der Waals surface area contributed by atoms with Gasteiger partial charge in [-0.2, -0.15) is 0 Å². The van der Waals surface area contributed by atoms with Crippen LogP contribution in [0.15, 0.2) is 43.0 Å². The molecule has 0 saturated carbocycles. The highest BCUT2D eigenvalue weighted by molar-refractivity contribution is 5.13. The number of ether oxygens (including phenoxy) is 2. The minimum absolute atomic E-state index is 0.190. The zero-order valence-corrected chi connectivity index (χ0v) is 11.4. The van der Waals surface area contributed by atoms with E-state index in [9.17, 15) is 20.4 Å². The van der Waals surface area contributed by atoms with Gasteiger partial charge in [-0.1, -0.05) is 36.4 Å². The van der Waals surface area contributed by atoms with Crippen molar-refractivity contribution in [3.8, 4) is 0 Å². The second-order valence-electron chi connectivity index (χ2n) is 4.96. The number of benzene rings is 1. The summed E-state index contributed by atoms with van der Waals surface area (Å²) in [5.74, 6) is 0. The first-order chi connectivity index (χ1) is 10.0. The van der Waals surface area contributed by atoms with Crippen LogP contribution in [0.25, 0.3) is 0 Å². The molecule has 0 aromatic heterocycles. The highest BCUT2D eigenvalue weighted by Gasteiger charge is 2.47. The molecule has 1 aliphatic rings.